The van der Waals surface area contributed by atoms with E-state index in [4.69, 9.17) is 10.1 Å². The summed E-state index contributed by atoms with van der Waals surface area (Å²) in [5, 5.41) is 21.7. The summed E-state index contributed by atoms with van der Waals surface area (Å²) < 4.78 is 5.22. The molecule has 1 aromatic heterocycles. The number of aromatic nitrogens is 2. The van der Waals surface area contributed by atoms with Gasteiger partial charge in [-0.1, -0.05) is 0 Å². The van der Waals surface area contributed by atoms with Gasteiger partial charge in [0.05, 0.1) is 30.3 Å². The number of hydrogen-bond acceptors (Lipinski definition) is 5. The number of aliphatic hydroxyl groups is 1. The predicted molar refractivity (Wildman–Crippen MR) is 108 cm³/mol. The number of nitrogens with zero attached hydrogens (tertiary/aromatic N) is 2. The van der Waals surface area contributed by atoms with E-state index in [1.807, 2.05) is 18.2 Å². The van der Waals surface area contributed by atoms with Crippen LogP contribution in [0.4, 0.5) is 11.4 Å². The number of amidine groups is 1. The average Bonchev–Trinajstić information content (AvgIpc) is 3.21. The standard InChI is InChI=1S/C20H19N5O3/c1-11(26)22-12-3-5-13(6-4-12)25-10-17(27)18(19(25)21)20-23-15-8-7-14(28-2)9-16(15)24-20/h3-9,21,27H,10H2,1-2H3,(H,22,26)(H,23,24). The third-order valence-electron chi connectivity index (χ3n) is 4.53. The molecule has 2 aromatic carbocycles. The molecule has 2 heterocycles. The molecule has 1 aliphatic heterocycles. The number of H-pyrrole nitrogens is 1. The molecule has 8 nitrogen and oxygen atoms in total. The number of ether oxygens (including phenoxy) is 1. The van der Waals surface area contributed by atoms with E-state index in [-0.39, 0.29) is 24.0 Å². The number of nitrogens with one attached hydrogen (secondary N) is 3. The largest absolute Gasteiger partial charge is 0.509 e. The van der Waals surface area contributed by atoms with Crippen LogP contribution in [0, 0.1) is 5.41 Å². The molecule has 1 aliphatic rings. The number of carbonyl (C=O) groups is 1. The summed E-state index contributed by atoms with van der Waals surface area (Å²) in [6.07, 6.45) is 0. The van der Waals surface area contributed by atoms with Crippen LogP contribution in [0.3, 0.4) is 0 Å². The predicted octanol–water partition coefficient (Wildman–Crippen LogP) is 3.30. The Labute approximate surface area is 161 Å². The first-order valence-corrected chi connectivity index (χ1v) is 8.66. The zero-order valence-corrected chi connectivity index (χ0v) is 15.4. The lowest BCUT2D eigenvalue weighted by molar-refractivity contribution is -0.114. The van der Waals surface area contributed by atoms with Crippen LogP contribution in [0.15, 0.2) is 48.2 Å². The molecule has 0 atom stereocenters. The molecule has 0 fully saturated rings. The number of hydrogen-bond donors (Lipinski definition) is 4. The van der Waals surface area contributed by atoms with E-state index in [1.54, 1.807) is 36.3 Å². The quantitative estimate of drug-likeness (QED) is 0.557. The Kier molecular flexibility index (Phi) is 4.23. The maximum atomic E-state index is 11.1. The molecular weight excluding hydrogens is 358 g/mol. The van der Waals surface area contributed by atoms with Crippen LogP contribution in [0.25, 0.3) is 16.6 Å². The zero-order chi connectivity index (χ0) is 19.8. The molecule has 142 valence electrons. The summed E-state index contributed by atoms with van der Waals surface area (Å²) in [4.78, 5) is 20.5. The van der Waals surface area contributed by atoms with E-state index < -0.39 is 0 Å². The summed E-state index contributed by atoms with van der Waals surface area (Å²) in [5.74, 6) is 1.20. The van der Waals surface area contributed by atoms with Gasteiger partial charge in [-0.15, -0.1) is 0 Å². The zero-order valence-electron chi connectivity index (χ0n) is 15.4. The molecular formula is C20H19N5O3. The molecule has 0 radical (unpaired) electrons. The monoisotopic (exact) mass is 377 g/mol. The number of rotatable bonds is 4. The second-order valence-electron chi connectivity index (χ2n) is 6.45. The maximum absolute atomic E-state index is 11.1. The Hall–Kier alpha value is -3.81. The molecule has 28 heavy (non-hydrogen) atoms. The molecule has 0 unspecified atom stereocenters. The lowest BCUT2D eigenvalue weighted by Crippen LogP contribution is -2.26. The van der Waals surface area contributed by atoms with Crippen LogP contribution < -0.4 is 15.0 Å². The smallest absolute Gasteiger partial charge is 0.221 e. The van der Waals surface area contributed by atoms with Gasteiger partial charge in [0.1, 0.15) is 23.2 Å². The van der Waals surface area contributed by atoms with E-state index in [0.29, 0.717) is 22.8 Å². The molecule has 0 aliphatic carbocycles. The summed E-state index contributed by atoms with van der Waals surface area (Å²) >= 11 is 0. The fourth-order valence-corrected chi connectivity index (χ4v) is 3.21. The minimum absolute atomic E-state index is 0.0713. The van der Waals surface area contributed by atoms with Crippen LogP contribution in [0.1, 0.15) is 12.7 Å². The van der Waals surface area contributed by atoms with Crippen LogP contribution in [-0.4, -0.2) is 40.5 Å². The minimum atomic E-state index is -0.148. The highest BCUT2D eigenvalue weighted by atomic mass is 16.5. The highest BCUT2D eigenvalue weighted by Gasteiger charge is 2.31. The number of imidazole rings is 1. The molecule has 1 amide bonds. The SMILES string of the molecule is COc1ccc2nc(C3=C(O)CN(c4ccc(NC(C)=O)cc4)C3=N)[nH]c2c1. The summed E-state index contributed by atoms with van der Waals surface area (Å²) in [7, 11) is 1.59. The first-order valence-electron chi connectivity index (χ1n) is 8.66. The Bertz CT molecular complexity index is 1110. The normalized spacial score (nSPS) is 14.1. The van der Waals surface area contributed by atoms with Gasteiger partial charge in [0, 0.05) is 24.4 Å². The van der Waals surface area contributed by atoms with Crippen molar-refractivity contribution < 1.29 is 14.6 Å². The Morgan fingerprint density at radius 1 is 1.29 bits per heavy atom. The van der Waals surface area contributed by atoms with E-state index >= 15 is 0 Å². The second-order valence-corrected chi connectivity index (χ2v) is 6.45. The minimum Gasteiger partial charge on any atom is -0.509 e. The van der Waals surface area contributed by atoms with Crippen molar-refractivity contribution in [2.75, 3.05) is 23.9 Å². The number of carbonyl (C=O) groups excluding carboxylic acids is 1. The summed E-state index contributed by atoms with van der Waals surface area (Å²) in [6.45, 7) is 1.62. The lowest BCUT2D eigenvalue weighted by Gasteiger charge is -2.19. The third-order valence-corrected chi connectivity index (χ3v) is 4.53. The van der Waals surface area contributed by atoms with Gasteiger partial charge in [-0.3, -0.25) is 10.2 Å². The first kappa shape index (κ1) is 17.6. The Morgan fingerprint density at radius 2 is 2.04 bits per heavy atom. The highest BCUT2D eigenvalue weighted by Crippen LogP contribution is 2.31. The third kappa shape index (κ3) is 3.05. The summed E-state index contributed by atoms with van der Waals surface area (Å²) in [5.41, 5.74) is 3.26. The number of amides is 1. The van der Waals surface area contributed by atoms with Crippen molar-refractivity contribution in [3.8, 4) is 5.75 Å². The van der Waals surface area contributed by atoms with E-state index in [9.17, 15) is 9.90 Å². The second kappa shape index (κ2) is 6.73. The van der Waals surface area contributed by atoms with Crippen molar-refractivity contribution in [2.24, 2.45) is 0 Å². The number of fused-ring (bicyclic) bond motifs is 1. The molecule has 4 N–H and O–H groups in total. The first-order chi connectivity index (χ1) is 13.5. The van der Waals surface area contributed by atoms with E-state index in [2.05, 4.69) is 15.3 Å². The fourth-order valence-electron chi connectivity index (χ4n) is 3.21. The molecule has 0 spiro atoms. The van der Waals surface area contributed by atoms with Crippen molar-refractivity contribution in [1.82, 2.24) is 9.97 Å². The molecule has 0 bridgehead atoms. The summed E-state index contributed by atoms with van der Waals surface area (Å²) in [6, 6.07) is 12.5. The van der Waals surface area contributed by atoms with Crippen molar-refractivity contribution in [3.05, 3.63) is 54.0 Å². The van der Waals surface area contributed by atoms with Crippen molar-refractivity contribution in [1.29, 1.82) is 5.41 Å². The van der Waals surface area contributed by atoms with Gasteiger partial charge in [-0.25, -0.2) is 4.98 Å². The average molecular weight is 377 g/mol. The molecule has 0 saturated carbocycles. The van der Waals surface area contributed by atoms with E-state index in [0.717, 1.165) is 16.7 Å². The van der Waals surface area contributed by atoms with Gasteiger partial charge in [-0.2, -0.15) is 0 Å². The van der Waals surface area contributed by atoms with Gasteiger partial charge in [0.25, 0.3) is 0 Å². The Balaban J connectivity index is 1.62. The van der Waals surface area contributed by atoms with Crippen molar-refractivity contribution in [2.45, 2.75) is 6.92 Å². The molecule has 0 saturated heterocycles. The lowest BCUT2D eigenvalue weighted by atomic mass is 10.2. The molecule has 4 rings (SSSR count). The van der Waals surface area contributed by atoms with Gasteiger partial charge in [-0.05, 0) is 36.4 Å². The van der Waals surface area contributed by atoms with Crippen molar-refractivity contribution >= 4 is 39.7 Å². The molecule has 8 heteroatoms. The van der Waals surface area contributed by atoms with Gasteiger partial charge >= 0.3 is 0 Å². The number of aliphatic hydroxyl groups excluding tert-OH is 1. The highest BCUT2D eigenvalue weighted by molar-refractivity contribution is 6.30. The number of aromatic amines is 1. The number of anilines is 2. The maximum Gasteiger partial charge on any atom is 0.221 e. The van der Waals surface area contributed by atoms with E-state index in [1.165, 1.54) is 6.92 Å². The number of methoxy groups -OCH3 is 1. The van der Waals surface area contributed by atoms with Crippen LogP contribution >= 0.6 is 0 Å². The van der Waals surface area contributed by atoms with Crippen LogP contribution in [0.2, 0.25) is 0 Å². The van der Waals surface area contributed by atoms with Crippen LogP contribution in [0.5, 0.6) is 5.75 Å². The van der Waals surface area contributed by atoms with Gasteiger partial charge < -0.3 is 25.0 Å². The Morgan fingerprint density at radius 3 is 2.71 bits per heavy atom. The topological polar surface area (TPSA) is 114 Å². The van der Waals surface area contributed by atoms with Crippen LogP contribution in [-0.2, 0) is 4.79 Å². The van der Waals surface area contributed by atoms with Crippen molar-refractivity contribution in [3.63, 3.8) is 0 Å². The number of benzene rings is 2. The fraction of sp³-hybridized carbons (Fsp3) is 0.150. The van der Waals surface area contributed by atoms with Gasteiger partial charge in [0.15, 0.2) is 0 Å². The molecule has 3 aromatic rings. The van der Waals surface area contributed by atoms with Gasteiger partial charge in [0.2, 0.25) is 5.91 Å².